The number of hydrogen-bond acceptors (Lipinski definition) is 13. The molecule has 2 saturated heterocycles. The first-order chi connectivity index (χ1) is 38.0. The molecule has 6 heterocycles. The quantitative estimate of drug-likeness (QED) is 0.0350. The Morgan fingerprint density at radius 2 is 1.63 bits per heavy atom. The van der Waals surface area contributed by atoms with E-state index in [1.165, 1.54) is 17.4 Å². The fourth-order valence-electron chi connectivity index (χ4n) is 11.1. The molecule has 0 radical (unpaired) electrons. The van der Waals surface area contributed by atoms with Crippen LogP contribution in [0.25, 0.3) is 16.9 Å². The molecule has 4 amide bonds. The number of aromatic nitrogens is 6. The van der Waals surface area contributed by atoms with E-state index in [2.05, 4.69) is 31.1 Å². The van der Waals surface area contributed by atoms with Crippen molar-refractivity contribution in [1.82, 2.24) is 54.9 Å². The number of H-pyrrole nitrogens is 1. The van der Waals surface area contributed by atoms with Gasteiger partial charge < -0.3 is 35.4 Å². The molecule has 0 spiro atoms. The van der Waals surface area contributed by atoms with Crippen LogP contribution in [-0.4, -0.2) is 132 Å². The molecule has 4 aliphatic rings. The number of ketones is 1. The third kappa shape index (κ3) is 12.8. The van der Waals surface area contributed by atoms with Crippen LogP contribution in [0.15, 0.2) is 72.6 Å². The van der Waals surface area contributed by atoms with Crippen molar-refractivity contribution < 1.29 is 33.1 Å². The summed E-state index contributed by atoms with van der Waals surface area (Å²) in [6.45, 7) is 4.52. The predicted molar refractivity (Wildman–Crippen MR) is 295 cm³/mol. The van der Waals surface area contributed by atoms with Gasteiger partial charge in [-0.25, -0.2) is 19.3 Å². The van der Waals surface area contributed by atoms with Gasteiger partial charge >= 0.3 is 0 Å². The molecule has 2 saturated carbocycles. The van der Waals surface area contributed by atoms with Gasteiger partial charge in [0, 0.05) is 79.5 Å². The second-order valence-electron chi connectivity index (χ2n) is 21.3. The van der Waals surface area contributed by atoms with Crippen molar-refractivity contribution in [3.8, 4) is 17.0 Å². The van der Waals surface area contributed by atoms with E-state index in [0.29, 0.717) is 80.1 Å². The number of nitrogens with zero attached hydrogens (tertiary/aromatic N) is 8. The minimum atomic E-state index is -0.582. The number of amides is 4. The third-order valence-corrected chi connectivity index (χ3v) is 16.9. The highest BCUT2D eigenvalue weighted by molar-refractivity contribution is 7.10. The average molecular weight is 1080 g/mol. The number of anilines is 2. The Bertz CT molecular complexity index is 3070. The van der Waals surface area contributed by atoms with Crippen LogP contribution in [0.5, 0.6) is 5.75 Å². The second kappa shape index (κ2) is 25.2. The smallest absolute Gasteiger partial charge is 0.254 e. The molecule has 412 valence electrons. The van der Waals surface area contributed by atoms with Crippen molar-refractivity contribution in [3.63, 3.8) is 0 Å². The molecule has 0 unspecified atom stereocenters. The molecule has 18 nitrogen and oxygen atoms in total. The van der Waals surface area contributed by atoms with Crippen molar-refractivity contribution in [3.05, 3.63) is 106 Å². The summed E-state index contributed by atoms with van der Waals surface area (Å²) in [6, 6.07) is 10.4. The number of ether oxygens (including phenoxy) is 1. The van der Waals surface area contributed by atoms with Crippen molar-refractivity contribution in [1.29, 1.82) is 0 Å². The summed E-state index contributed by atoms with van der Waals surface area (Å²) in [4.78, 5) is 87.2. The van der Waals surface area contributed by atoms with Gasteiger partial charge in [-0.2, -0.15) is 5.10 Å². The Labute approximate surface area is 458 Å². The Hall–Kier alpha value is -7.06. The first kappa shape index (κ1) is 54.3. The van der Waals surface area contributed by atoms with Crippen LogP contribution in [0.4, 0.5) is 15.9 Å². The molecule has 2 aliphatic heterocycles. The molecule has 4 N–H and O–H groups in total. The predicted octanol–water partition coefficient (Wildman–Crippen LogP) is 9.00. The van der Waals surface area contributed by atoms with Gasteiger partial charge in [-0.1, -0.05) is 57.1 Å². The van der Waals surface area contributed by atoms with Gasteiger partial charge in [0.25, 0.3) is 5.91 Å². The fourth-order valence-corrected chi connectivity index (χ4v) is 12.0. The maximum Gasteiger partial charge on any atom is 0.254 e. The minimum Gasteiger partial charge on any atom is -0.494 e. The summed E-state index contributed by atoms with van der Waals surface area (Å²) in [5.41, 5.74) is 4.43. The van der Waals surface area contributed by atoms with Gasteiger partial charge in [-0.05, 0) is 102 Å². The van der Waals surface area contributed by atoms with E-state index >= 15 is 4.39 Å². The Kier molecular flexibility index (Phi) is 17.5. The number of thiazole rings is 1. The summed E-state index contributed by atoms with van der Waals surface area (Å²) in [5, 5.41) is 18.6. The molecule has 10 rings (SSSR count). The first-order valence-corrected chi connectivity index (χ1v) is 28.9. The highest BCUT2D eigenvalue weighted by atomic mass is 32.1. The van der Waals surface area contributed by atoms with E-state index in [4.69, 9.17) is 14.7 Å². The molecule has 4 fully saturated rings. The number of nitrogens with one attached hydrogen (secondary N) is 4. The van der Waals surface area contributed by atoms with E-state index in [9.17, 15) is 24.0 Å². The van der Waals surface area contributed by atoms with Gasteiger partial charge in [0.15, 0.2) is 11.5 Å². The summed E-state index contributed by atoms with van der Waals surface area (Å²) in [5.74, 6) is 0.296. The number of unbranched alkanes of at least 4 members (excludes halogenated alkanes) is 5. The van der Waals surface area contributed by atoms with Gasteiger partial charge in [0.1, 0.15) is 28.3 Å². The van der Waals surface area contributed by atoms with Crippen LogP contribution in [0.3, 0.4) is 0 Å². The summed E-state index contributed by atoms with van der Waals surface area (Å²) in [6.07, 6.45) is 22.0. The highest BCUT2D eigenvalue weighted by Gasteiger charge is 2.40. The molecule has 4 aromatic heterocycles. The standard InChI is InChI=1S/C58H71FN12O6S/c1-37(60-2)55(74)67-51(39-14-8-7-9-15-39)58(76)70-24-13-18-48(70)56-66-47(36-78-56)52(73)40-16-12-17-43(30-40)77-29-11-6-4-3-5-10-19-50(72)68-25-27-69(28-26-68)57(75)41-22-23-45(44(59)31-41)64-53-54-61-34-49(42-32-62-63-33-42)71(54)35-46(65-53)38-20-21-38/h12,16-17,22-23,30-39,48,51,60H,3-11,13-15,18-21,24-29H2,1-2H3,(H,62,63)(H,64,65)(H,67,74)/t37-,48-,51-/m0/s1. The summed E-state index contributed by atoms with van der Waals surface area (Å²) >= 11 is 1.40. The van der Waals surface area contributed by atoms with Crippen molar-refractivity contribution in [2.24, 2.45) is 5.92 Å². The first-order valence-electron chi connectivity index (χ1n) is 28.0. The van der Waals surface area contributed by atoms with Crippen LogP contribution < -0.4 is 20.7 Å². The van der Waals surface area contributed by atoms with Gasteiger partial charge in [-0.3, -0.25) is 33.5 Å². The maximum atomic E-state index is 15.7. The number of piperazine rings is 1. The second-order valence-corrected chi connectivity index (χ2v) is 22.2. The zero-order chi connectivity index (χ0) is 54.1. The number of halogens is 1. The average Bonchev–Trinajstić information content (AvgIpc) is 4.00. The fraction of sp³-hybridized carbons (Fsp3) is 0.500. The molecule has 2 aromatic carbocycles. The molecule has 3 atom stereocenters. The van der Waals surface area contributed by atoms with Crippen molar-refractivity contribution in [2.45, 2.75) is 134 Å². The Morgan fingerprint density at radius 1 is 0.846 bits per heavy atom. The number of fused-ring (bicyclic) bond motifs is 1. The van der Waals surface area contributed by atoms with Gasteiger partial charge in [0.05, 0.1) is 48.2 Å². The molecular weight excluding hydrogens is 1010 g/mol. The normalized spacial score (nSPS) is 17.8. The monoisotopic (exact) mass is 1080 g/mol. The SMILES string of the molecule is CN[C@@H](C)C(=O)N[C@H](C(=O)N1CCC[C@H]1c1nc(C(=O)c2cccc(OCCCCCCCCC(=O)N3CCN(C(=O)c4ccc(Nc5nc(C6CC6)cn6c(-c7cn[nH]c7)cnc56)c(F)c4)CC3)c2)cs1)C1CCCCC1. The third-order valence-electron chi connectivity index (χ3n) is 15.9. The summed E-state index contributed by atoms with van der Waals surface area (Å²) in [7, 11) is 1.74. The van der Waals surface area contributed by atoms with Crippen LogP contribution >= 0.6 is 11.3 Å². The van der Waals surface area contributed by atoms with Crippen molar-refractivity contribution >= 4 is 57.9 Å². The number of imidazole rings is 1. The number of carbonyl (C=O) groups is 5. The molecule has 20 heteroatoms. The number of likely N-dealkylation sites (N-methyl/N-ethyl adjacent to an activating group) is 1. The number of hydrogen-bond donors (Lipinski definition) is 4. The van der Waals surface area contributed by atoms with E-state index in [1.807, 2.05) is 32.5 Å². The van der Waals surface area contributed by atoms with Gasteiger partial charge in [0.2, 0.25) is 23.5 Å². The van der Waals surface area contributed by atoms with E-state index < -0.39 is 17.9 Å². The lowest BCUT2D eigenvalue weighted by Gasteiger charge is -2.35. The van der Waals surface area contributed by atoms with Crippen LogP contribution in [0.2, 0.25) is 0 Å². The maximum absolute atomic E-state index is 15.7. The number of carbonyl (C=O) groups excluding carboxylic acids is 5. The molecular formula is C58H71FN12O6S. The summed E-state index contributed by atoms with van der Waals surface area (Å²) < 4.78 is 23.7. The van der Waals surface area contributed by atoms with Crippen LogP contribution in [0.1, 0.15) is 159 Å². The molecule has 2 aliphatic carbocycles. The van der Waals surface area contributed by atoms with Gasteiger partial charge in [-0.15, -0.1) is 11.3 Å². The number of benzene rings is 2. The molecule has 0 bridgehead atoms. The Balaban J connectivity index is 0.616. The lowest BCUT2D eigenvalue weighted by Crippen LogP contribution is -2.55. The Morgan fingerprint density at radius 3 is 2.38 bits per heavy atom. The number of rotatable bonds is 23. The van der Waals surface area contributed by atoms with E-state index in [-0.39, 0.29) is 52.6 Å². The zero-order valence-corrected chi connectivity index (χ0v) is 45.5. The van der Waals surface area contributed by atoms with Crippen LogP contribution in [-0.2, 0) is 14.4 Å². The number of likely N-dealkylation sites (tertiary alicyclic amines) is 1. The minimum absolute atomic E-state index is 0.0571. The van der Waals surface area contributed by atoms with Crippen LogP contribution in [0, 0.1) is 11.7 Å². The van der Waals surface area contributed by atoms with Crippen molar-refractivity contribution in [2.75, 3.05) is 51.7 Å². The molecule has 6 aromatic rings. The van der Waals surface area contributed by atoms with E-state index in [1.54, 1.807) is 67.1 Å². The number of aromatic amines is 1. The zero-order valence-electron chi connectivity index (χ0n) is 44.7. The lowest BCUT2D eigenvalue weighted by molar-refractivity contribution is -0.139. The largest absolute Gasteiger partial charge is 0.494 e. The highest BCUT2D eigenvalue weighted by Crippen LogP contribution is 2.41. The lowest BCUT2D eigenvalue weighted by atomic mass is 9.83. The van der Waals surface area contributed by atoms with E-state index in [0.717, 1.165) is 118 Å². The topological polar surface area (TPSA) is 212 Å². The molecule has 78 heavy (non-hydrogen) atoms.